The molecule has 8 aliphatic carbocycles. The van der Waals surface area contributed by atoms with Crippen LogP contribution in [0.15, 0.2) is 60.9 Å². The summed E-state index contributed by atoms with van der Waals surface area (Å²) in [6.45, 7) is 39.1. The largest absolute Gasteiger partial charge is 0 e. The van der Waals surface area contributed by atoms with Crippen molar-refractivity contribution in [3.8, 4) is 0 Å². The van der Waals surface area contributed by atoms with Crippen LogP contribution in [0.2, 0.25) is 48.4 Å². The maximum Gasteiger partial charge on any atom is 0 e. The smallest absolute Gasteiger partial charge is 0 e. The van der Waals surface area contributed by atoms with Crippen LogP contribution in [0.1, 0.15) is 238 Å². The monoisotopic (exact) mass is 1860 g/mol. The number of nitrogens with zero attached hydrogens (tertiary/aromatic N) is 4. The molecular weight excluding hydrogens is 1740 g/mol. The molecule has 12 rings (SSSR count). The van der Waals surface area contributed by atoms with Crippen molar-refractivity contribution in [2.75, 3.05) is 0 Å². The van der Waals surface area contributed by atoms with Gasteiger partial charge in [-0.05, 0) is 170 Å². The number of rotatable bonds is 8. The summed E-state index contributed by atoms with van der Waals surface area (Å²) >= 11 is -1.65. The molecule has 0 bridgehead atoms. The molecule has 0 spiro atoms. The average Bonchev–Trinajstić information content (AvgIpc) is 1.57. The quantitative estimate of drug-likeness (QED) is 0.130. The second kappa shape index (κ2) is 37.5. The second-order valence-corrected chi connectivity index (χ2v) is 49.9. The third kappa shape index (κ3) is 19.1. The molecule has 8 saturated carbocycles. The van der Waals surface area contributed by atoms with Crippen molar-refractivity contribution in [3.05, 3.63) is 160 Å². The zero-order valence-electron chi connectivity index (χ0n) is 60.8. The fourth-order valence-corrected chi connectivity index (χ4v) is 33.0. The Morgan fingerprint density at radius 2 is 0.717 bits per heavy atom. The van der Waals surface area contributed by atoms with Crippen molar-refractivity contribution in [2.24, 2.45) is 59.2 Å². The number of pyridine rings is 4. The Morgan fingerprint density at radius 3 is 1.02 bits per heavy atom. The normalized spacial score (nSPS) is 31.8. The Balaban J connectivity index is 0.000000419. The minimum atomic E-state index is -1.54. The maximum absolute atomic E-state index is 5.15. The molecule has 14 heteroatoms. The van der Waals surface area contributed by atoms with E-state index in [4.69, 9.17) is 54.0 Å². The molecule has 0 N–H and O–H groups in total. The van der Waals surface area contributed by atoms with Gasteiger partial charge in [-0.1, -0.05) is 181 Å². The van der Waals surface area contributed by atoms with Gasteiger partial charge in [-0.15, -0.1) is 0 Å². The van der Waals surface area contributed by atoms with Gasteiger partial charge in [0.05, 0.1) is 0 Å². The number of hydrogen-bond donors (Lipinski definition) is 0. The molecule has 0 aromatic carbocycles. The van der Waals surface area contributed by atoms with Crippen molar-refractivity contribution in [3.63, 3.8) is 0 Å². The van der Waals surface area contributed by atoms with Gasteiger partial charge in [0, 0.05) is 129 Å². The molecule has 4 aromatic heterocycles. The van der Waals surface area contributed by atoms with Gasteiger partial charge < -0.3 is 42.5 Å². The standard InChI is InChI=1S/C39H59N2Si.C35H51N2Si.4CH3.4ClH.2W.2Zr/c1-25-22-33-30(35-20-17-27(24-41-35)39(5,6)7)13-11-15-32(33)37(25)42(8,9)36-21-18-28-29(12-10-14-31(28)36)34-19-16-26(23-40-34)38(2,3)4;1-21-14-17-32(36-24(21)4)27-10-8-12-29-26(27)16-19-34(29)38(6,7)35-23(3)20-31-28(11-9-13-30(31)35)33-18-15-22(2)25(5)37-33;;;;;;;;;;;;/h16-17,19-21,23-25,28-33,36-37H,10-15,18,22H2,1-9H3;14-15,17-19,23,26-31,34-35H,8-13,16,20H2,1-7H3;4*1H3;4*1H;;;;/q6*-1;;;;;;;2*+4/p-4. The minimum absolute atomic E-state index is 0. The van der Waals surface area contributed by atoms with Crippen LogP contribution in [-0.2, 0) is 94.7 Å². The molecule has 0 radical (unpaired) electrons. The summed E-state index contributed by atoms with van der Waals surface area (Å²) in [5.41, 5.74) is 17.4. The summed E-state index contributed by atoms with van der Waals surface area (Å²) in [5.74, 6) is 11.3. The number of aryl methyl sites for hydroxylation is 4. The predicted molar refractivity (Wildman–Crippen MR) is 392 cm³/mol. The first-order valence-electron chi connectivity index (χ1n) is 34.2. The summed E-state index contributed by atoms with van der Waals surface area (Å²) in [5, 5.41) is 0. The summed E-state index contributed by atoms with van der Waals surface area (Å²) in [4.78, 5) is 20.5. The number of fused-ring (bicyclic) bond motifs is 4. The predicted octanol–water partition coefficient (Wildman–Crippen LogP) is 24.9. The van der Waals surface area contributed by atoms with E-state index in [-0.39, 0.29) is 82.7 Å². The van der Waals surface area contributed by atoms with Crippen LogP contribution in [0.5, 0.6) is 0 Å². The average molecular weight is 1860 g/mol. The van der Waals surface area contributed by atoms with Crippen LogP contribution < -0.4 is 0 Å². The number of aromatic nitrogens is 4. The Kier molecular flexibility index (Phi) is 35.7. The maximum atomic E-state index is 5.15. The van der Waals surface area contributed by atoms with Crippen LogP contribution in [0.4, 0.5) is 0 Å². The van der Waals surface area contributed by atoms with E-state index in [1.54, 1.807) is 0 Å². The molecule has 4 aromatic rings. The van der Waals surface area contributed by atoms with Gasteiger partial charge in [-0.25, -0.2) is 0 Å². The van der Waals surface area contributed by atoms with E-state index in [1.165, 1.54) is 159 Å². The van der Waals surface area contributed by atoms with Gasteiger partial charge in [0.1, 0.15) is 0 Å². The first kappa shape index (κ1) is 87.6. The van der Waals surface area contributed by atoms with E-state index in [0.717, 1.165) is 81.3 Å². The van der Waals surface area contributed by atoms with Crippen LogP contribution >= 0.6 is 34.1 Å². The molecule has 18 atom stereocenters. The molecule has 8 fully saturated rings. The molecule has 0 aliphatic heterocycles. The molecule has 8 aliphatic rings. The van der Waals surface area contributed by atoms with Crippen molar-refractivity contribution in [1.29, 1.82) is 0 Å². The first-order chi connectivity index (χ1) is 40.8. The Hall–Kier alpha value is 1.34. The molecule has 18 unspecified atom stereocenters. The van der Waals surface area contributed by atoms with E-state index in [9.17, 15) is 0 Å². The van der Waals surface area contributed by atoms with Crippen LogP contribution in [-0.4, -0.2) is 36.1 Å². The number of halogens is 4. The van der Waals surface area contributed by atoms with Gasteiger partial charge in [-0.2, -0.15) is 23.9 Å². The van der Waals surface area contributed by atoms with Crippen molar-refractivity contribution in [1.82, 2.24) is 19.9 Å². The van der Waals surface area contributed by atoms with Crippen molar-refractivity contribution >= 4 is 50.2 Å². The zero-order chi connectivity index (χ0) is 62.2. The summed E-state index contributed by atoms with van der Waals surface area (Å²) in [6, 6.07) is 18.9. The molecule has 4 heterocycles. The molecular formula is C78H122Cl4N4Si2W2Zr2-2. The SMILES string of the molecule is CC1CC2C(c3ccc(C(C)(C)C)cn3)CCCC2C1[Si](C)(C)C1[CH-]CC2C(c3ccc(C(C)(C)C)cn3)CCCC21.Cc1ccc(C2CCCC3C2C[CH-]C3[Si](C)(C)C2C(C)CC3C(c4ccc(C)c(C)n4)CCCC32)nc1C.[CH3-].[CH3-].[CH3-].[CH3-].[Cl][Zr+2][Cl].[Cl][Zr+2][Cl].[W].[W]. The Labute approximate surface area is 634 Å². The topological polar surface area (TPSA) is 51.6 Å². The van der Waals surface area contributed by atoms with Gasteiger partial charge >= 0.3 is 75.7 Å². The van der Waals surface area contributed by atoms with E-state index < -0.39 is 57.8 Å². The summed E-state index contributed by atoms with van der Waals surface area (Å²) in [7, 11) is 16.7. The second-order valence-electron chi connectivity index (χ2n) is 32.4. The summed E-state index contributed by atoms with van der Waals surface area (Å²) in [6.07, 6.45) is 32.4. The van der Waals surface area contributed by atoms with Crippen LogP contribution in [0, 0.1) is 129 Å². The van der Waals surface area contributed by atoms with E-state index in [0.29, 0.717) is 23.7 Å². The van der Waals surface area contributed by atoms with Gasteiger partial charge in [0.2, 0.25) is 0 Å². The minimum Gasteiger partial charge on any atom is 0 e. The van der Waals surface area contributed by atoms with E-state index in [2.05, 4.69) is 183 Å². The Morgan fingerprint density at radius 1 is 0.424 bits per heavy atom. The fraction of sp³-hybridized carbons (Fsp3) is 0.667. The van der Waals surface area contributed by atoms with Crippen molar-refractivity contribution < 1.29 is 83.8 Å². The van der Waals surface area contributed by atoms with Gasteiger partial charge in [0.15, 0.2) is 0 Å². The van der Waals surface area contributed by atoms with Crippen LogP contribution in [0.25, 0.3) is 0 Å². The number of hydrogen-bond acceptors (Lipinski definition) is 4. The van der Waals surface area contributed by atoms with E-state index in [1.807, 2.05) is 0 Å². The molecule has 0 amide bonds. The summed E-state index contributed by atoms with van der Waals surface area (Å²) < 4.78 is 0. The fourth-order valence-electron chi connectivity index (χ4n) is 21.3. The molecule has 4 nitrogen and oxygen atoms in total. The molecule has 0 saturated heterocycles. The van der Waals surface area contributed by atoms with Gasteiger partial charge in [-0.3, -0.25) is 19.9 Å². The first-order valence-corrected chi connectivity index (χ1v) is 53.1. The van der Waals surface area contributed by atoms with Crippen LogP contribution in [0.3, 0.4) is 0 Å². The van der Waals surface area contributed by atoms with Crippen molar-refractivity contribution in [2.45, 2.75) is 269 Å². The molecule has 92 heavy (non-hydrogen) atoms. The van der Waals surface area contributed by atoms with E-state index >= 15 is 0 Å². The molecule has 512 valence electrons. The third-order valence-electron chi connectivity index (χ3n) is 25.2. The third-order valence-corrected chi connectivity index (χ3v) is 35.4. The zero-order valence-corrected chi connectivity index (χ0v) is 76.6. The Bertz CT molecular complexity index is 2850. The van der Waals surface area contributed by atoms with Gasteiger partial charge in [0.25, 0.3) is 0 Å².